The van der Waals surface area contributed by atoms with E-state index in [2.05, 4.69) is 54.8 Å². The van der Waals surface area contributed by atoms with Gasteiger partial charge in [-0.1, -0.05) is 19.1 Å². The number of carbonyl (C=O) groups excluding carboxylic acids is 3. The fourth-order valence-corrected chi connectivity index (χ4v) is 8.28. The summed E-state index contributed by atoms with van der Waals surface area (Å²) in [6.45, 7) is 6.78. The monoisotopic (exact) mass is 674 g/mol. The van der Waals surface area contributed by atoms with Gasteiger partial charge in [0, 0.05) is 69.4 Å². The van der Waals surface area contributed by atoms with E-state index >= 15 is 4.39 Å². The molecule has 3 fully saturated rings. The second-order valence-corrected chi connectivity index (χ2v) is 14.8. The minimum Gasteiger partial charge on any atom is -0.384 e. The highest BCUT2D eigenvalue weighted by atomic mass is 19.1. The Bertz CT molecular complexity index is 1660. The number of halogens is 1. The van der Waals surface area contributed by atoms with Crippen molar-refractivity contribution in [3.63, 3.8) is 0 Å². The lowest BCUT2D eigenvalue weighted by Gasteiger charge is -2.39. The van der Waals surface area contributed by atoms with Gasteiger partial charge in [-0.15, -0.1) is 0 Å². The number of ether oxygens (including phenoxy) is 1. The number of likely N-dealkylation sites (tertiary alicyclic amines) is 1. The second-order valence-electron chi connectivity index (χ2n) is 14.8. The van der Waals surface area contributed by atoms with Gasteiger partial charge in [0.25, 0.3) is 5.91 Å². The highest BCUT2D eigenvalue weighted by molar-refractivity contribution is 6.04. The van der Waals surface area contributed by atoms with Crippen LogP contribution in [0.4, 0.5) is 15.8 Å². The van der Waals surface area contributed by atoms with Crippen molar-refractivity contribution in [2.45, 2.75) is 76.4 Å². The van der Waals surface area contributed by atoms with E-state index in [-0.39, 0.29) is 35.1 Å². The summed E-state index contributed by atoms with van der Waals surface area (Å²) in [4.78, 5) is 41.5. The first-order chi connectivity index (χ1) is 23.7. The van der Waals surface area contributed by atoms with Gasteiger partial charge in [-0.05, 0) is 74.0 Å². The zero-order chi connectivity index (χ0) is 34.1. The summed E-state index contributed by atoms with van der Waals surface area (Å²) < 4.78 is 22.6. The van der Waals surface area contributed by atoms with Gasteiger partial charge in [0.05, 0.1) is 30.5 Å². The molecule has 3 saturated heterocycles. The van der Waals surface area contributed by atoms with Crippen molar-refractivity contribution in [1.29, 1.82) is 0 Å². The minimum absolute atomic E-state index is 0.0241. The molecular weight excluding hydrogens is 627 g/mol. The van der Waals surface area contributed by atoms with Crippen LogP contribution < -0.4 is 15.5 Å². The standard InChI is InChI=1S/C36H47FN8O4/c1-36(22-49-2)13-9-28-30(17-36)41-42-33(28)35(48)39-25-18-38-45(20-25)31-12-14-43(21-29(31)37)19-23-10-15-44(16-11-23)26-5-3-24(4-6-26)27-7-8-32(46)40-34(27)47/h3-6,18,20,23,27,29,31H,7-17,19,21-22H2,1-2H3,(H,39,48)(H,41,42)(H,40,46,47)/t27?,29-,31-,36+/m1/s1. The van der Waals surface area contributed by atoms with Gasteiger partial charge in [0.2, 0.25) is 11.8 Å². The third-order valence-electron chi connectivity index (χ3n) is 11.1. The molecule has 49 heavy (non-hydrogen) atoms. The number of hydrogen-bond donors (Lipinski definition) is 3. The molecule has 0 radical (unpaired) electrons. The van der Waals surface area contributed by atoms with Gasteiger partial charge in [0.1, 0.15) is 6.17 Å². The number of nitrogens with zero attached hydrogens (tertiary/aromatic N) is 5. The lowest BCUT2D eigenvalue weighted by atomic mass is 9.75. The number of rotatable bonds is 9. The number of carbonyl (C=O) groups is 3. The molecular formula is C36H47FN8O4. The predicted octanol–water partition coefficient (Wildman–Crippen LogP) is 4.02. The number of fused-ring (bicyclic) bond motifs is 1. The maximum absolute atomic E-state index is 15.6. The Morgan fingerprint density at radius 1 is 1.10 bits per heavy atom. The van der Waals surface area contributed by atoms with Gasteiger partial charge in [-0.3, -0.25) is 29.5 Å². The highest BCUT2D eigenvalue weighted by Gasteiger charge is 2.35. The first kappa shape index (κ1) is 33.4. The quantitative estimate of drug-likeness (QED) is 0.290. The number of methoxy groups -OCH3 is 1. The lowest BCUT2D eigenvalue weighted by Crippen LogP contribution is -2.46. The van der Waals surface area contributed by atoms with Gasteiger partial charge >= 0.3 is 0 Å². The number of hydrogen-bond acceptors (Lipinski definition) is 8. The number of H-pyrrole nitrogens is 1. The van der Waals surface area contributed by atoms with Crippen LogP contribution in [0.2, 0.25) is 0 Å². The van der Waals surface area contributed by atoms with Crippen LogP contribution >= 0.6 is 0 Å². The molecule has 4 aliphatic rings. The molecule has 3 N–H and O–H groups in total. The third-order valence-corrected chi connectivity index (χ3v) is 11.1. The molecule has 0 bridgehead atoms. The summed E-state index contributed by atoms with van der Waals surface area (Å²) in [6, 6.07) is 7.80. The number of imide groups is 1. The van der Waals surface area contributed by atoms with E-state index in [1.165, 1.54) is 0 Å². The normalized spacial score (nSPS) is 26.8. The zero-order valence-electron chi connectivity index (χ0n) is 28.4. The van der Waals surface area contributed by atoms with Gasteiger partial charge < -0.3 is 19.9 Å². The zero-order valence-corrected chi connectivity index (χ0v) is 28.4. The largest absolute Gasteiger partial charge is 0.384 e. The number of aromatic amines is 1. The number of aromatic nitrogens is 4. The van der Waals surface area contributed by atoms with Crippen LogP contribution in [0.5, 0.6) is 0 Å². The van der Waals surface area contributed by atoms with E-state index in [0.29, 0.717) is 49.7 Å². The summed E-state index contributed by atoms with van der Waals surface area (Å²) in [6.07, 6.45) is 8.39. The van der Waals surface area contributed by atoms with Gasteiger partial charge in [-0.2, -0.15) is 10.2 Å². The molecule has 13 heteroatoms. The van der Waals surface area contributed by atoms with E-state index in [1.807, 2.05) is 12.1 Å². The smallest absolute Gasteiger partial charge is 0.276 e. The number of benzene rings is 1. The van der Waals surface area contributed by atoms with Gasteiger partial charge in [-0.25, -0.2) is 4.39 Å². The predicted molar refractivity (Wildman–Crippen MR) is 182 cm³/mol. The van der Waals surface area contributed by atoms with Crippen LogP contribution in [0.1, 0.15) is 84.7 Å². The Hall–Kier alpha value is -4.10. The molecule has 262 valence electrons. The molecule has 1 aliphatic carbocycles. The summed E-state index contributed by atoms with van der Waals surface area (Å²) in [5.41, 5.74) is 5.01. The summed E-state index contributed by atoms with van der Waals surface area (Å²) in [7, 11) is 1.71. The Balaban J connectivity index is 0.866. The Morgan fingerprint density at radius 3 is 2.63 bits per heavy atom. The lowest BCUT2D eigenvalue weighted by molar-refractivity contribution is -0.134. The topological polar surface area (TPSA) is 137 Å². The molecule has 3 amide bonds. The second kappa shape index (κ2) is 14.0. The number of anilines is 2. The van der Waals surface area contributed by atoms with E-state index in [0.717, 1.165) is 80.8 Å². The number of piperidine rings is 3. The number of nitrogens with one attached hydrogen (secondary N) is 3. The van der Waals surface area contributed by atoms with Gasteiger partial charge in [0.15, 0.2) is 5.69 Å². The fourth-order valence-electron chi connectivity index (χ4n) is 8.28. The molecule has 3 aliphatic heterocycles. The van der Waals surface area contributed by atoms with Crippen LogP contribution in [0.15, 0.2) is 36.7 Å². The first-order valence-electron chi connectivity index (χ1n) is 17.6. The maximum Gasteiger partial charge on any atom is 0.276 e. The summed E-state index contributed by atoms with van der Waals surface area (Å²) in [5, 5.41) is 17.2. The average Bonchev–Trinajstić information content (AvgIpc) is 3.72. The average molecular weight is 675 g/mol. The maximum atomic E-state index is 15.6. The molecule has 7 rings (SSSR count). The number of amides is 3. The van der Waals surface area contributed by atoms with Crippen LogP contribution in [0.25, 0.3) is 0 Å². The molecule has 5 heterocycles. The van der Waals surface area contributed by atoms with Crippen molar-refractivity contribution in [1.82, 2.24) is 30.2 Å². The van der Waals surface area contributed by atoms with E-state index in [9.17, 15) is 14.4 Å². The molecule has 1 aromatic carbocycles. The Labute approximate surface area is 286 Å². The minimum atomic E-state index is -1.06. The summed E-state index contributed by atoms with van der Waals surface area (Å²) >= 11 is 0. The van der Waals surface area contributed by atoms with E-state index < -0.39 is 6.17 Å². The van der Waals surface area contributed by atoms with Crippen LogP contribution in [-0.4, -0.2) is 95.2 Å². The molecule has 1 unspecified atom stereocenters. The van der Waals surface area contributed by atoms with Crippen molar-refractivity contribution in [3.05, 3.63) is 59.2 Å². The molecule has 0 saturated carbocycles. The van der Waals surface area contributed by atoms with Crippen molar-refractivity contribution >= 4 is 29.1 Å². The molecule has 3 aromatic rings. The van der Waals surface area contributed by atoms with E-state index in [4.69, 9.17) is 4.74 Å². The van der Waals surface area contributed by atoms with Crippen molar-refractivity contribution < 1.29 is 23.5 Å². The van der Waals surface area contributed by atoms with Crippen LogP contribution in [0.3, 0.4) is 0 Å². The van der Waals surface area contributed by atoms with Crippen molar-refractivity contribution in [2.75, 3.05) is 56.7 Å². The van der Waals surface area contributed by atoms with Crippen molar-refractivity contribution in [2.24, 2.45) is 11.3 Å². The molecule has 12 nitrogen and oxygen atoms in total. The first-order valence-corrected chi connectivity index (χ1v) is 17.6. The fraction of sp³-hybridized carbons (Fsp3) is 0.583. The molecule has 2 aromatic heterocycles. The van der Waals surface area contributed by atoms with E-state index in [1.54, 1.807) is 24.2 Å². The summed E-state index contributed by atoms with van der Waals surface area (Å²) in [5.74, 6) is -0.449. The van der Waals surface area contributed by atoms with Crippen LogP contribution in [-0.2, 0) is 27.2 Å². The number of alkyl halides is 1. The van der Waals surface area contributed by atoms with Crippen LogP contribution in [0, 0.1) is 11.3 Å². The molecule has 0 spiro atoms. The molecule has 4 atom stereocenters. The Kier molecular flexibility index (Phi) is 9.56. The Morgan fingerprint density at radius 2 is 1.90 bits per heavy atom. The highest BCUT2D eigenvalue weighted by Crippen LogP contribution is 2.36. The third kappa shape index (κ3) is 7.28. The SMILES string of the molecule is COC[C@@]1(C)CCc2c(C(=O)Nc3cnn([C@@H]4CCN(CC5CCN(c6ccc(C7CCC(=O)NC7=O)cc6)CC5)C[C@H]4F)c3)n[nH]c2C1. The van der Waals surface area contributed by atoms with Crippen molar-refractivity contribution in [3.8, 4) is 0 Å².